The molecule has 0 rings (SSSR count). The fraction of sp³-hybridized carbons (Fsp3) is 0.667. The Morgan fingerprint density at radius 2 is 2.00 bits per heavy atom. The second-order valence-corrected chi connectivity index (χ2v) is 3.65. The Balaban J connectivity index is 4.28. The molecule has 0 aromatic carbocycles. The van der Waals surface area contributed by atoms with Crippen molar-refractivity contribution < 1.29 is 19.5 Å². The standard InChI is InChI=1S/C9H15ClN2O4/c1-5(7(13)4-10)12-6(9(15)16)2-3-8(11)14/h5-6,12H,2-4H2,1H3,(H2,11,14)(H,15,16)/t5?,6-/m0/s1. The van der Waals surface area contributed by atoms with Crippen molar-refractivity contribution in [1.29, 1.82) is 0 Å². The monoisotopic (exact) mass is 250 g/mol. The summed E-state index contributed by atoms with van der Waals surface area (Å²) in [4.78, 5) is 32.4. The molecule has 4 N–H and O–H groups in total. The molecule has 0 aromatic rings. The van der Waals surface area contributed by atoms with Crippen LogP contribution in [0.3, 0.4) is 0 Å². The summed E-state index contributed by atoms with van der Waals surface area (Å²) in [7, 11) is 0. The summed E-state index contributed by atoms with van der Waals surface area (Å²) < 4.78 is 0. The number of carbonyl (C=O) groups is 3. The molecule has 92 valence electrons. The molecule has 0 aliphatic carbocycles. The minimum absolute atomic E-state index is 0.0462. The highest BCUT2D eigenvalue weighted by Crippen LogP contribution is 2.00. The van der Waals surface area contributed by atoms with Crippen LogP contribution >= 0.6 is 11.6 Å². The van der Waals surface area contributed by atoms with Gasteiger partial charge in [0, 0.05) is 6.42 Å². The molecule has 0 spiro atoms. The summed E-state index contributed by atoms with van der Waals surface area (Å²) in [5.41, 5.74) is 4.91. The quantitative estimate of drug-likeness (QED) is 0.503. The third kappa shape index (κ3) is 5.67. The van der Waals surface area contributed by atoms with Crippen LogP contribution in [-0.4, -0.2) is 40.7 Å². The van der Waals surface area contributed by atoms with Crippen molar-refractivity contribution in [3.63, 3.8) is 0 Å². The average molecular weight is 251 g/mol. The van der Waals surface area contributed by atoms with E-state index in [1.807, 2.05) is 0 Å². The van der Waals surface area contributed by atoms with Crippen LogP contribution in [0.5, 0.6) is 0 Å². The molecule has 0 saturated carbocycles. The first-order valence-electron chi connectivity index (χ1n) is 4.74. The zero-order chi connectivity index (χ0) is 12.7. The fourth-order valence-electron chi connectivity index (χ4n) is 1.08. The van der Waals surface area contributed by atoms with Crippen LogP contribution in [0, 0.1) is 0 Å². The second kappa shape index (κ2) is 7.19. The summed E-state index contributed by atoms with van der Waals surface area (Å²) >= 11 is 5.33. The van der Waals surface area contributed by atoms with E-state index in [-0.39, 0.29) is 24.5 Å². The smallest absolute Gasteiger partial charge is 0.320 e. The molecule has 0 radical (unpaired) electrons. The molecule has 0 aliphatic heterocycles. The number of carboxylic acids is 1. The van der Waals surface area contributed by atoms with E-state index < -0.39 is 24.0 Å². The van der Waals surface area contributed by atoms with Gasteiger partial charge in [0.2, 0.25) is 5.91 Å². The molecule has 0 bridgehead atoms. The van der Waals surface area contributed by atoms with E-state index >= 15 is 0 Å². The van der Waals surface area contributed by atoms with Gasteiger partial charge in [-0.3, -0.25) is 19.7 Å². The lowest BCUT2D eigenvalue weighted by Gasteiger charge is -2.18. The summed E-state index contributed by atoms with van der Waals surface area (Å²) in [6.45, 7) is 1.52. The molecule has 16 heavy (non-hydrogen) atoms. The predicted molar refractivity (Wildman–Crippen MR) is 58.2 cm³/mol. The molecule has 0 saturated heterocycles. The molecular formula is C9H15ClN2O4. The largest absolute Gasteiger partial charge is 0.480 e. The van der Waals surface area contributed by atoms with Crippen LogP contribution in [0.1, 0.15) is 19.8 Å². The van der Waals surface area contributed by atoms with Crippen molar-refractivity contribution >= 4 is 29.3 Å². The molecule has 0 aromatic heterocycles. The first-order chi connectivity index (χ1) is 7.38. The number of hydrogen-bond acceptors (Lipinski definition) is 4. The van der Waals surface area contributed by atoms with Gasteiger partial charge in [-0.05, 0) is 13.3 Å². The topological polar surface area (TPSA) is 109 Å². The number of nitrogens with two attached hydrogens (primary N) is 1. The maximum Gasteiger partial charge on any atom is 0.320 e. The number of hydrogen-bond donors (Lipinski definition) is 3. The molecule has 0 aliphatic rings. The van der Waals surface area contributed by atoms with Crippen molar-refractivity contribution in [3.8, 4) is 0 Å². The second-order valence-electron chi connectivity index (χ2n) is 3.38. The SMILES string of the molecule is CC(N[C@@H](CCC(N)=O)C(=O)O)C(=O)CCl. The lowest BCUT2D eigenvalue weighted by Crippen LogP contribution is -2.46. The molecule has 0 fully saturated rings. The van der Waals surface area contributed by atoms with Crippen LogP contribution in [-0.2, 0) is 14.4 Å². The summed E-state index contributed by atoms with van der Waals surface area (Å²) in [5, 5.41) is 11.4. The van der Waals surface area contributed by atoms with Gasteiger partial charge in [-0.25, -0.2) is 0 Å². The number of Topliss-reactive ketones (excluding diaryl/α,β-unsaturated/α-hetero) is 1. The number of rotatable bonds is 8. The maximum atomic E-state index is 11.1. The van der Waals surface area contributed by atoms with Crippen LogP contribution in [0.4, 0.5) is 0 Å². The predicted octanol–water partition coefficient (Wildman–Crippen LogP) is -0.509. The highest BCUT2D eigenvalue weighted by molar-refractivity contribution is 6.28. The molecule has 1 unspecified atom stereocenters. The highest BCUT2D eigenvalue weighted by atomic mass is 35.5. The van der Waals surface area contributed by atoms with E-state index in [0.717, 1.165) is 0 Å². The van der Waals surface area contributed by atoms with Crippen LogP contribution in [0.2, 0.25) is 0 Å². The third-order valence-corrected chi connectivity index (χ3v) is 2.31. The Labute approximate surface area is 98.1 Å². The lowest BCUT2D eigenvalue weighted by molar-refractivity contribution is -0.140. The summed E-state index contributed by atoms with van der Waals surface area (Å²) in [6.07, 6.45) is -0.00365. The van der Waals surface area contributed by atoms with Crippen LogP contribution in [0.25, 0.3) is 0 Å². The highest BCUT2D eigenvalue weighted by Gasteiger charge is 2.22. The van der Waals surface area contributed by atoms with Crippen molar-refractivity contribution in [1.82, 2.24) is 5.32 Å². The third-order valence-electron chi connectivity index (χ3n) is 2.04. The number of carboxylic acid groups (broad SMARTS) is 1. The maximum absolute atomic E-state index is 11.1. The Kier molecular flexibility index (Phi) is 6.67. The van der Waals surface area contributed by atoms with Gasteiger partial charge in [0.05, 0.1) is 11.9 Å². The number of carbonyl (C=O) groups excluding carboxylic acids is 2. The number of aliphatic carboxylic acids is 1. The molecule has 0 heterocycles. The normalized spacial score (nSPS) is 14.1. The van der Waals surface area contributed by atoms with Gasteiger partial charge in [0.15, 0.2) is 5.78 Å². The Hall–Kier alpha value is -1.14. The van der Waals surface area contributed by atoms with Gasteiger partial charge >= 0.3 is 5.97 Å². The van der Waals surface area contributed by atoms with E-state index in [1.165, 1.54) is 6.92 Å². The number of amides is 1. The van der Waals surface area contributed by atoms with Crippen LogP contribution in [0.15, 0.2) is 0 Å². The van der Waals surface area contributed by atoms with Crippen molar-refractivity contribution in [2.75, 3.05) is 5.88 Å². The van der Waals surface area contributed by atoms with Crippen LogP contribution < -0.4 is 11.1 Å². The summed E-state index contributed by atoms with van der Waals surface area (Å²) in [6, 6.07) is -1.64. The number of primary amides is 1. The van der Waals surface area contributed by atoms with Gasteiger partial charge in [-0.2, -0.15) is 0 Å². The first kappa shape index (κ1) is 14.9. The van der Waals surface area contributed by atoms with Gasteiger partial charge in [0.25, 0.3) is 0 Å². The number of halogens is 1. The van der Waals surface area contributed by atoms with Crippen molar-refractivity contribution in [2.24, 2.45) is 5.73 Å². The minimum Gasteiger partial charge on any atom is -0.480 e. The Morgan fingerprint density at radius 1 is 1.44 bits per heavy atom. The van der Waals surface area contributed by atoms with Crippen molar-refractivity contribution in [3.05, 3.63) is 0 Å². The van der Waals surface area contributed by atoms with E-state index in [0.29, 0.717) is 0 Å². The fourth-order valence-corrected chi connectivity index (χ4v) is 1.31. The van der Waals surface area contributed by atoms with Gasteiger partial charge < -0.3 is 10.8 Å². The van der Waals surface area contributed by atoms with Gasteiger partial charge in [0.1, 0.15) is 6.04 Å². The molecule has 6 nitrogen and oxygen atoms in total. The lowest BCUT2D eigenvalue weighted by atomic mass is 10.1. The molecule has 7 heteroatoms. The van der Waals surface area contributed by atoms with Gasteiger partial charge in [-0.15, -0.1) is 11.6 Å². The zero-order valence-corrected chi connectivity index (χ0v) is 9.66. The summed E-state index contributed by atoms with van der Waals surface area (Å²) in [5.74, 6) is -2.19. The van der Waals surface area contributed by atoms with E-state index in [9.17, 15) is 14.4 Å². The van der Waals surface area contributed by atoms with Crippen molar-refractivity contribution in [2.45, 2.75) is 31.8 Å². The Bertz CT molecular complexity index is 283. The minimum atomic E-state index is -1.13. The molecule has 2 atom stereocenters. The first-order valence-corrected chi connectivity index (χ1v) is 5.27. The van der Waals surface area contributed by atoms with Gasteiger partial charge in [-0.1, -0.05) is 0 Å². The number of ketones is 1. The van der Waals surface area contributed by atoms with E-state index in [1.54, 1.807) is 0 Å². The zero-order valence-electron chi connectivity index (χ0n) is 8.90. The average Bonchev–Trinajstić information content (AvgIpc) is 2.21. The van der Waals surface area contributed by atoms with E-state index in [4.69, 9.17) is 22.4 Å². The van der Waals surface area contributed by atoms with E-state index in [2.05, 4.69) is 5.32 Å². The Morgan fingerprint density at radius 3 is 2.38 bits per heavy atom. The number of nitrogens with one attached hydrogen (secondary N) is 1. The molecule has 1 amide bonds. The number of alkyl halides is 1. The molecular weight excluding hydrogens is 236 g/mol.